The van der Waals surface area contributed by atoms with Crippen molar-refractivity contribution >= 4 is 27.4 Å². The third kappa shape index (κ3) is 4.36. The fourth-order valence-corrected chi connectivity index (χ4v) is 6.46. The van der Waals surface area contributed by atoms with Gasteiger partial charge in [0.1, 0.15) is 6.04 Å². The number of aliphatic carboxylic acids is 1. The van der Waals surface area contributed by atoms with E-state index in [-0.39, 0.29) is 17.2 Å². The molecule has 3 atom stereocenters. The Balaban J connectivity index is 1.69. The van der Waals surface area contributed by atoms with E-state index in [1.54, 1.807) is 24.3 Å². The third-order valence-corrected chi connectivity index (χ3v) is 8.12. The van der Waals surface area contributed by atoms with Gasteiger partial charge >= 0.3 is 5.97 Å². The average molecular weight is 442 g/mol. The maximum atomic E-state index is 13.5. The SMILES string of the molecule is Cc1ccc(S(=O)(=O)N2[C@H](C(=O)O)C[C@@H]3/C(=N\Nc4ccccc4)CCCC[C@@H]32)cc1. The van der Waals surface area contributed by atoms with Crippen LogP contribution in [0.25, 0.3) is 0 Å². The van der Waals surface area contributed by atoms with Crippen molar-refractivity contribution in [1.29, 1.82) is 0 Å². The summed E-state index contributed by atoms with van der Waals surface area (Å²) >= 11 is 0. The maximum absolute atomic E-state index is 13.5. The van der Waals surface area contributed by atoms with Crippen molar-refractivity contribution in [3.63, 3.8) is 0 Å². The monoisotopic (exact) mass is 441 g/mol. The Morgan fingerprint density at radius 2 is 1.81 bits per heavy atom. The highest BCUT2D eigenvalue weighted by Gasteiger charge is 2.52. The Morgan fingerprint density at radius 1 is 1.10 bits per heavy atom. The lowest BCUT2D eigenvalue weighted by Gasteiger charge is -2.28. The molecule has 164 valence electrons. The Bertz CT molecular complexity index is 1070. The van der Waals surface area contributed by atoms with Crippen LogP contribution < -0.4 is 5.43 Å². The Morgan fingerprint density at radius 3 is 2.48 bits per heavy atom. The van der Waals surface area contributed by atoms with Crippen LogP contribution in [0.4, 0.5) is 5.69 Å². The number of hydrazone groups is 1. The molecular weight excluding hydrogens is 414 g/mol. The molecular formula is C23H27N3O4S. The molecule has 0 bridgehead atoms. The molecule has 31 heavy (non-hydrogen) atoms. The largest absolute Gasteiger partial charge is 0.480 e. The van der Waals surface area contributed by atoms with Crippen molar-refractivity contribution in [3.8, 4) is 0 Å². The number of carboxylic acids is 1. The number of sulfonamides is 1. The zero-order chi connectivity index (χ0) is 22.0. The molecule has 1 saturated carbocycles. The molecule has 1 heterocycles. The summed E-state index contributed by atoms with van der Waals surface area (Å²) in [6, 6.07) is 14.6. The number of nitrogens with zero attached hydrogens (tertiary/aromatic N) is 2. The minimum atomic E-state index is -3.95. The van der Waals surface area contributed by atoms with E-state index in [9.17, 15) is 18.3 Å². The van der Waals surface area contributed by atoms with Crippen LogP contribution >= 0.6 is 0 Å². The zero-order valence-corrected chi connectivity index (χ0v) is 18.3. The van der Waals surface area contributed by atoms with E-state index in [1.807, 2.05) is 37.3 Å². The van der Waals surface area contributed by atoms with Crippen molar-refractivity contribution in [2.75, 3.05) is 5.43 Å². The second-order valence-electron chi connectivity index (χ2n) is 8.24. The van der Waals surface area contributed by atoms with Gasteiger partial charge in [-0.05, 0) is 56.9 Å². The number of para-hydroxylation sites is 1. The first-order valence-electron chi connectivity index (χ1n) is 10.6. The van der Waals surface area contributed by atoms with Crippen molar-refractivity contribution < 1.29 is 18.3 Å². The number of aryl methyl sites for hydroxylation is 1. The molecule has 0 radical (unpaired) electrons. The number of carbonyl (C=O) groups is 1. The van der Waals surface area contributed by atoms with E-state index < -0.39 is 28.1 Å². The number of nitrogens with one attached hydrogen (secondary N) is 1. The van der Waals surface area contributed by atoms with Crippen LogP contribution in [0.2, 0.25) is 0 Å². The Hall–Kier alpha value is -2.71. The normalized spacial score (nSPS) is 25.7. The molecule has 7 nitrogen and oxygen atoms in total. The van der Waals surface area contributed by atoms with E-state index in [1.165, 1.54) is 4.31 Å². The minimum Gasteiger partial charge on any atom is -0.480 e. The molecule has 1 saturated heterocycles. The van der Waals surface area contributed by atoms with E-state index in [0.29, 0.717) is 6.42 Å². The van der Waals surface area contributed by atoms with Crippen LogP contribution in [-0.2, 0) is 14.8 Å². The highest BCUT2D eigenvalue weighted by Crippen LogP contribution is 2.41. The van der Waals surface area contributed by atoms with Gasteiger partial charge in [-0.15, -0.1) is 0 Å². The lowest BCUT2D eigenvalue weighted by Crippen LogP contribution is -2.45. The summed E-state index contributed by atoms with van der Waals surface area (Å²) in [6.07, 6.45) is 3.33. The second-order valence-corrected chi connectivity index (χ2v) is 10.1. The van der Waals surface area contributed by atoms with E-state index in [2.05, 4.69) is 10.5 Å². The molecule has 2 aromatic rings. The molecule has 0 unspecified atom stereocenters. The van der Waals surface area contributed by atoms with Gasteiger partial charge in [-0.2, -0.15) is 9.41 Å². The summed E-state index contributed by atoms with van der Waals surface area (Å²) in [5.41, 5.74) is 5.70. The lowest BCUT2D eigenvalue weighted by molar-refractivity contribution is -0.141. The summed E-state index contributed by atoms with van der Waals surface area (Å²) in [4.78, 5) is 12.2. The summed E-state index contributed by atoms with van der Waals surface area (Å²) in [7, 11) is -3.95. The Kier molecular flexibility index (Phi) is 6.11. The summed E-state index contributed by atoms with van der Waals surface area (Å²) in [5.74, 6) is -1.33. The van der Waals surface area contributed by atoms with Gasteiger partial charge in [-0.1, -0.05) is 42.3 Å². The molecule has 1 aliphatic carbocycles. The first-order valence-corrected chi connectivity index (χ1v) is 12.0. The summed E-state index contributed by atoms with van der Waals surface area (Å²) in [6.45, 7) is 1.89. The minimum absolute atomic E-state index is 0.134. The second kappa shape index (κ2) is 8.80. The molecule has 4 rings (SSSR count). The van der Waals surface area contributed by atoms with E-state index in [0.717, 1.165) is 36.2 Å². The standard InChI is InChI=1S/C23H27N3O4S/c1-16-11-13-18(14-12-16)31(29,30)26-21-10-6-5-9-20(19(21)15-22(26)23(27)28)25-24-17-7-3-2-4-8-17/h2-4,7-8,11-14,19,21-22,24H,5-6,9-10,15H2,1H3,(H,27,28)/b25-20-/t19-,21+,22+/m1/s1. The number of fused-ring (bicyclic) bond motifs is 1. The molecule has 0 spiro atoms. The first kappa shape index (κ1) is 21.5. The van der Waals surface area contributed by atoms with Crippen LogP contribution in [0.1, 0.15) is 37.7 Å². The average Bonchev–Trinajstić information content (AvgIpc) is 3.04. The van der Waals surface area contributed by atoms with Gasteiger partial charge in [0.25, 0.3) is 0 Å². The van der Waals surface area contributed by atoms with Crippen molar-refractivity contribution in [1.82, 2.24) is 4.31 Å². The number of carboxylic acid groups (broad SMARTS) is 1. The van der Waals surface area contributed by atoms with Crippen molar-refractivity contribution in [3.05, 3.63) is 60.2 Å². The third-order valence-electron chi connectivity index (χ3n) is 6.17. The van der Waals surface area contributed by atoms with Crippen LogP contribution in [0.15, 0.2) is 64.6 Å². The number of rotatable bonds is 5. The quantitative estimate of drug-likeness (QED) is 0.686. The van der Waals surface area contributed by atoms with Gasteiger partial charge in [-0.25, -0.2) is 8.42 Å². The van der Waals surface area contributed by atoms with Gasteiger partial charge in [0.2, 0.25) is 10.0 Å². The Labute approximate surface area is 182 Å². The fourth-order valence-electron chi connectivity index (χ4n) is 4.62. The highest BCUT2D eigenvalue weighted by molar-refractivity contribution is 7.89. The molecule has 2 fully saturated rings. The van der Waals surface area contributed by atoms with Gasteiger partial charge in [0, 0.05) is 17.7 Å². The highest BCUT2D eigenvalue weighted by atomic mass is 32.2. The van der Waals surface area contributed by atoms with Gasteiger partial charge in [0.15, 0.2) is 0 Å². The zero-order valence-electron chi connectivity index (χ0n) is 17.4. The van der Waals surface area contributed by atoms with Gasteiger partial charge < -0.3 is 5.11 Å². The first-order chi connectivity index (χ1) is 14.9. The maximum Gasteiger partial charge on any atom is 0.322 e. The van der Waals surface area contributed by atoms with Gasteiger partial charge in [0.05, 0.1) is 10.6 Å². The molecule has 0 aromatic heterocycles. The molecule has 1 aliphatic heterocycles. The van der Waals surface area contributed by atoms with Crippen molar-refractivity contribution in [2.24, 2.45) is 11.0 Å². The molecule has 0 amide bonds. The van der Waals surface area contributed by atoms with Gasteiger partial charge in [-0.3, -0.25) is 10.2 Å². The number of hydrogen-bond donors (Lipinski definition) is 2. The number of hydrogen-bond acceptors (Lipinski definition) is 5. The summed E-state index contributed by atoms with van der Waals surface area (Å²) < 4.78 is 28.3. The van der Waals surface area contributed by atoms with Crippen molar-refractivity contribution in [2.45, 2.75) is 56.0 Å². The van der Waals surface area contributed by atoms with Crippen LogP contribution in [0.3, 0.4) is 0 Å². The number of anilines is 1. The van der Waals surface area contributed by atoms with E-state index >= 15 is 0 Å². The molecule has 2 aromatic carbocycles. The van der Waals surface area contributed by atoms with Crippen LogP contribution in [0.5, 0.6) is 0 Å². The molecule has 2 N–H and O–H groups in total. The van der Waals surface area contributed by atoms with E-state index in [4.69, 9.17) is 0 Å². The number of benzene rings is 2. The lowest BCUT2D eigenvalue weighted by atomic mass is 9.92. The van der Waals surface area contributed by atoms with Crippen LogP contribution in [-0.4, -0.2) is 41.6 Å². The molecule has 2 aliphatic rings. The molecule has 8 heteroatoms. The predicted octanol–water partition coefficient (Wildman–Crippen LogP) is 3.87. The smallest absolute Gasteiger partial charge is 0.322 e. The fraction of sp³-hybridized carbons (Fsp3) is 0.391. The predicted molar refractivity (Wildman–Crippen MR) is 119 cm³/mol. The summed E-state index contributed by atoms with van der Waals surface area (Å²) in [5, 5.41) is 14.5. The van der Waals surface area contributed by atoms with Crippen LogP contribution in [0, 0.1) is 12.8 Å². The topological polar surface area (TPSA) is 99.1 Å².